The van der Waals surface area contributed by atoms with Crippen LogP contribution in [0.3, 0.4) is 0 Å². The van der Waals surface area contributed by atoms with Gasteiger partial charge >= 0.3 is 0 Å². The molecule has 1 aromatic heterocycles. The van der Waals surface area contributed by atoms with Gasteiger partial charge < -0.3 is 10.2 Å². The lowest BCUT2D eigenvalue weighted by Crippen LogP contribution is -2.56. The van der Waals surface area contributed by atoms with Gasteiger partial charge in [-0.05, 0) is 44.8 Å². The van der Waals surface area contributed by atoms with Gasteiger partial charge in [-0.2, -0.15) is 4.98 Å². The van der Waals surface area contributed by atoms with E-state index in [2.05, 4.69) is 27.1 Å². The summed E-state index contributed by atoms with van der Waals surface area (Å²) < 4.78 is 15.4. The molecule has 2 fully saturated rings. The van der Waals surface area contributed by atoms with E-state index in [0.29, 0.717) is 23.9 Å². The molecule has 0 unspecified atom stereocenters. The molecular formula is C22H34ClFN6O3. The largest absolute Gasteiger partial charge is 0.350 e. The second kappa shape index (κ2) is 11.4. The van der Waals surface area contributed by atoms with E-state index in [1.54, 1.807) is 0 Å². The number of rotatable bonds is 9. The second-order valence-electron chi connectivity index (χ2n) is 9.26. The molecule has 2 heterocycles. The smallest absolute Gasteiger partial charge is 0.233 e. The molecule has 1 aromatic rings. The Morgan fingerprint density at radius 2 is 2.00 bits per heavy atom. The van der Waals surface area contributed by atoms with Crippen LogP contribution in [0.5, 0.6) is 0 Å². The van der Waals surface area contributed by atoms with Gasteiger partial charge in [0.2, 0.25) is 17.6 Å². The molecule has 1 aliphatic carbocycles. The maximum atomic E-state index is 15.4. The molecule has 2 amide bonds. The van der Waals surface area contributed by atoms with Crippen molar-refractivity contribution in [3.8, 4) is 0 Å². The Hall–Kier alpha value is -2.04. The number of hydroxylamine groups is 2. The van der Waals surface area contributed by atoms with E-state index >= 15 is 4.39 Å². The predicted octanol–water partition coefficient (Wildman–Crippen LogP) is 2.46. The van der Waals surface area contributed by atoms with Crippen molar-refractivity contribution in [2.24, 2.45) is 11.8 Å². The Balaban J connectivity index is 1.72. The van der Waals surface area contributed by atoms with Crippen LogP contribution >= 0.6 is 11.6 Å². The van der Waals surface area contributed by atoms with E-state index in [1.807, 2.05) is 18.9 Å². The molecule has 0 bridgehead atoms. The first-order valence-electron chi connectivity index (χ1n) is 11.6. The van der Waals surface area contributed by atoms with E-state index in [4.69, 9.17) is 11.6 Å². The molecule has 184 valence electrons. The maximum absolute atomic E-state index is 15.4. The highest BCUT2D eigenvalue weighted by molar-refractivity contribution is 6.28. The lowest BCUT2D eigenvalue weighted by atomic mass is 9.92. The predicted molar refractivity (Wildman–Crippen MR) is 122 cm³/mol. The van der Waals surface area contributed by atoms with Crippen LogP contribution in [0.4, 0.5) is 10.2 Å². The van der Waals surface area contributed by atoms with E-state index in [9.17, 15) is 14.8 Å². The molecule has 1 saturated carbocycles. The fraction of sp³-hybridized carbons (Fsp3) is 0.727. The molecule has 0 aromatic carbocycles. The number of halogens is 2. The summed E-state index contributed by atoms with van der Waals surface area (Å²) in [5.74, 6) is -1.05. The number of likely N-dealkylation sites (N-methyl/N-ethyl adjacent to an activating group) is 1. The Morgan fingerprint density at radius 1 is 1.30 bits per heavy atom. The lowest BCUT2D eigenvalue weighted by molar-refractivity contribution is -0.155. The Bertz CT molecular complexity index is 841. The van der Waals surface area contributed by atoms with Crippen molar-refractivity contribution in [2.75, 3.05) is 31.6 Å². The maximum Gasteiger partial charge on any atom is 0.233 e. The second-order valence-corrected chi connectivity index (χ2v) is 9.60. The Morgan fingerprint density at radius 3 is 2.67 bits per heavy atom. The summed E-state index contributed by atoms with van der Waals surface area (Å²) in [5.41, 5.74) is 0.00740. The van der Waals surface area contributed by atoms with Crippen molar-refractivity contribution in [3.63, 3.8) is 0 Å². The van der Waals surface area contributed by atoms with Gasteiger partial charge in [0.05, 0.1) is 19.0 Å². The average molecular weight is 485 g/mol. The van der Waals surface area contributed by atoms with Crippen LogP contribution in [0.15, 0.2) is 0 Å². The third-order valence-corrected chi connectivity index (χ3v) is 7.32. The van der Waals surface area contributed by atoms with Gasteiger partial charge in [0.1, 0.15) is 5.69 Å². The number of carbonyl (C=O) groups excluding carboxylic acids is 2. The normalized spacial score (nSPS) is 22.9. The van der Waals surface area contributed by atoms with Crippen molar-refractivity contribution in [1.82, 2.24) is 25.2 Å². The van der Waals surface area contributed by atoms with E-state index in [-0.39, 0.29) is 54.3 Å². The number of hydrogen-bond donors (Lipinski definition) is 2. The molecule has 0 radical (unpaired) electrons. The topological polar surface area (TPSA) is 102 Å². The zero-order chi connectivity index (χ0) is 24.1. The Labute approximate surface area is 199 Å². The van der Waals surface area contributed by atoms with E-state index < -0.39 is 11.7 Å². The summed E-state index contributed by atoms with van der Waals surface area (Å²) in [5, 5.41) is 12.8. The summed E-state index contributed by atoms with van der Waals surface area (Å²) in [7, 11) is 2.03. The molecule has 9 nitrogen and oxygen atoms in total. The van der Waals surface area contributed by atoms with Gasteiger partial charge in [-0.25, -0.2) is 14.4 Å². The van der Waals surface area contributed by atoms with Crippen LogP contribution in [-0.2, 0) is 16.1 Å². The van der Waals surface area contributed by atoms with Gasteiger partial charge in [-0.15, -0.1) is 0 Å². The molecule has 3 rings (SSSR count). The van der Waals surface area contributed by atoms with Crippen LogP contribution in [0.1, 0.15) is 51.6 Å². The molecule has 1 aliphatic heterocycles. The van der Waals surface area contributed by atoms with E-state index in [0.717, 1.165) is 32.2 Å². The molecule has 0 spiro atoms. The summed E-state index contributed by atoms with van der Waals surface area (Å²) in [4.78, 5) is 36.0. The monoisotopic (exact) mass is 484 g/mol. The number of anilines is 1. The number of nitrogens with zero attached hydrogens (tertiary/aromatic N) is 5. The highest BCUT2D eigenvalue weighted by Crippen LogP contribution is 2.31. The molecule has 11 heteroatoms. The molecular weight excluding hydrogens is 451 g/mol. The Kier molecular flexibility index (Phi) is 8.83. The minimum absolute atomic E-state index is 0.00740. The van der Waals surface area contributed by atoms with Crippen LogP contribution in [-0.4, -0.2) is 76.2 Å². The lowest BCUT2D eigenvalue weighted by Gasteiger charge is -2.44. The average Bonchev–Trinajstić information content (AvgIpc) is 3.30. The van der Waals surface area contributed by atoms with Gasteiger partial charge in [0, 0.05) is 25.2 Å². The van der Waals surface area contributed by atoms with Gasteiger partial charge in [0.15, 0.2) is 11.6 Å². The van der Waals surface area contributed by atoms with Crippen molar-refractivity contribution in [2.45, 2.75) is 64.6 Å². The molecule has 1 saturated heterocycles. The summed E-state index contributed by atoms with van der Waals surface area (Å²) in [6.07, 6.45) is 5.13. The first-order chi connectivity index (χ1) is 15.7. The quantitative estimate of drug-likeness (QED) is 0.240. The van der Waals surface area contributed by atoms with Crippen molar-refractivity contribution in [1.29, 1.82) is 0 Å². The summed E-state index contributed by atoms with van der Waals surface area (Å²) in [6, 6.07) is 0.215. The van der Waals surface area contributed by atoms with Crippen LogP contribution < -0.4 is 10.2 Å². The third-order valence-electron chi connectivity index (χ3n) is 7.15. The number of nitrogens with one attached hydrogen (secondary N) is 1. The third kappa shape index (κ3) is 6.30. The fourth-order valence-corrected chi connectivity index (χ4v) is 5.04. The number of aromatic nitrogens is 2. The first kappa shape index (κ1) is 25.6. The van der Waals surface area contributed by atoms with Crippen LogP contribution in [0, 0.1) is 17.7 Å². The number of piperazine rings is 1. The first-order valence-corrected chi connectivity index (χ1v) is 12.0. The minimum Gasteiger partial charge on any atom is -0.350 e. The zero-order valence-corrected chi connectivity index (χ0v) is 20.3. The number of carbonyl (C=O) groups is 2. The molecule has 33 heavy (non-hydrogen) atoms. The van der Waals surface area contributed by atoms with Crippen molar-refractivity contribution < 1.29 is 19.2 Å². The number of amides is 2. The van der Waals surface area contributed by atoms with Crippen LogP contribution in [0.25, 0.3) is 0 Å². The summed E-state index contributed by atoms with van der Waals surface area (Å²) >= 11 is 6.12. The summed E-state index contributed by atoms with van der Waals surface area (Å²) in [6.45, 7) is 5.17. The van der Waals surface area contributed by atoms with Crippen LogP contribution in [0.2, 0.25) is 5.28 Å². The highest BCUT2D eigenvalue weighted by Gasteiger charge is 2.32. The molecule has 3 atom stereocenters. The van der Waals surface area contributed by atoms with Gasteiger partial charge in [-0.1, -0.05) is 25.7 Å². The minimum atomic E-state index is -0.604. The van der Waals surface area contributed by atoms with Gasteiger partial charge in [0.25, 0.3) is 0 Å². The van der Waals surface area contributed by atoms with Crippen molar-refractivity contribution >= 4 is 29.7 Å². The molecule has 2 N–H and O–H groups in total. The van der Waals surface area contributed by atoms with Crippen molar-refractivity contribution in [3.05, 3.63) is 16.8 Å². The SMILES string of the molecule is C[C@@H]1[C@H](C)N(c2nc(Cl)nc(CNC(=O)[C@H](CC3CCCC3)CN(O)C=O)c2F)CCN1C. The van der Waals surface area contributed by atoms with Gasteiger partial charge in [-0.3, -0.25) is 19.7 Å². The highest BCUT2D eigenvalue weighted by atomic mass is 35.5. The molecule has 2 aliphatic rings. The zero-order valence-electron chi connectivity index (χ0n) is 19.5. The standard InChI is InChI=1S/C22H34ClFN6O3/c1-14-15(2)30(9-8-28(14)3)20-19(24)18(26-22(23)27-20)11-25-21(32)17(12-29(33)13-31)10-16-6-4-5-7-16/h13-17,33H,4-12H2,1-3H3,(H,25,32)/t14-,15+,17-/m1/s1. The van der Waals surface area contributed by atoms with E-state index in [1.165, 1.54) is 0 Å². The number of hydrogen-bond acceptors (Lipinski definition) is 7. The fourth-order valence-electron chi connectivity index (χ4n) is 4.86.